The fourth-order valence-corrected chi connectivity index (χ4v) is 4.60. The minimum Gasteiger partial charge on any atom is -0.486 e. The van der Waals surface area contributed by atoms with Crippen molar-refractivity contribution in [2.75, 3.05) is 23.8 Å². The lowest BCUT2D eigenvalue weighted by atomic mass is 10.0. The first-order valence-electron chi connectivity index (χ1n) is 9.84. The van der Waals surface area contributed by atoms with E-state index >= 15 is 0 Å². The second kappa shape index (κ2) is 8.55. The maximum atomic E-state index is 13.0. The van der Waals surface area contributed by atoms with Gasteiger partial charge < -0.3 is 14.8 Å². The lowest BCUT2D eigenvalue weighted by Gasteiger charge is -2.30. The van der Waals surface area contributed by atoms with E-state index in [9.17, 15) is 13.2 Å². The molecular weight excluding hydrogens is 404 g/mol. The topological polar surface area (TPSA) is 84.9 Å². The monoisotopic (exact) mass is 432 g/mol. The third-order valence-electron chi connectivity index (χ3n) is 5.26. The van der Waals surface area contributed by atoms with E-state index < -0.39 is 16.1 Å². The molecule has 0 bridgehead atoms. The van der Waals surface area contributed by atoms with Crippen molar-refractivity contribution >= 4 is 21.6 Å². The van der Waals surface area contributed by atoms with Crippen molar-refractivity contribution in [3.05, 3.63) is 53.1 Å². The highest BCUT2D eigenvalue weighted by molar-refractivity contribution is 7.92. The average Bonchev–Trinajstić information content (AvgIpc) is 2.68. The van der Waals surface area contributed by atoms with E-state index in [2.05, 4.69) is 5.32 Å². The van der Waals surface area contributed by atoms with Gasteiger partial charge in [-0.25, -0.2) is 8.42 Å². The Bertz CT molecular complexity index is 1050. The summed E-state index contributed by atoms with van der Waals surface area (Å²) in [7, 11) is -3.73. The van der Waals surface area contributed by atoms with Crippen LogP contribution >= 0.6 is 0 Å². The standard InChI is InChI=1S/C22H28N2O5S/c1-14-6-7-18(12-15(14)2)16(3)23-22(25)17(4)24(30(5,26)27)19-8-9-20-21(13-19)29-11-10-28-20/h6-9,12-13,16-17H,10-11H2,1-5H3,(H,23,25)/t16-,17+/m1/s1. The van der Waals surface area contributed by atoms with Gasteiger partial charge in [0.1, 0.15) is 19.3 Å². The number of rotatable bonds is 6. The minimum absolute atomic E-state index is 0.263. The van der Waals surface area contributed by atoms with Crippen molar-refractivity contribution in [3.8, 4) is 11.5 Å². The van der Waals surface area contributed by atoms with E-state index in [0.717, 1.165) is 21.7 Å². The Morgan fingerprint density at radius 3 is 2.30 bits per heavy atom. The number of aryl methyl sites for hydroxylation is 2. The molecule has 0 aliphatic carbocycles. The lowest BCUT2D eigenvalue weighted by molar-refractivity contribution is -0.122. The summed E-state index contributed by atoms with van der Waals surface area (Å²) in [6, 6.07) is 9.65. The fraction of sp³-hybridized carbons (Fsp3) is 0.409. The summed E-state index contributed by atoms with van der Waals surface area (Å²) >= 11 is 0. The van der Waals surface area contributed by atoms with Crippen LogP contribution in [-0.2, 0) is 14.8 Å². The predicted molar refractivity (Wildman–Crippen MR) is 117 cm³/mol. The first-order valence-corrected chi connectivity index (χ1v) is 11.7. The first-order chi connectivity index (χ1) is 14.1. The van der Waals surface area contributed by atoms with E-state index in [1.807, 2.05) is 39.0 Å². The maximum absolute atomic E-state index is 13.0. The number of carbonyl (C=O) groups is 1. The molecule has 2 aromatic rings. The third kappa shape index (κ3) is 4.70. The average molecular weight is 433 g/mol. The van der Waals surface area contributed by atoms with Gasteiger partial charge in [0.15, 0.2) is 11.5 Å². The van der Waals surface area contributed by atoms with E-state index in [1.165, 1.54) is 5.56 Å². The Morgan fingerprint density at radius 2 is 1.67 bits per heavy atom. The Morgan fingerprint density at radius 1 is 1.00 bits per heavy atom. The molecular formula is C22H28N2O5S. The second-order valence-corrected chi connectivity index (χ2v) is 9.50. The number of amides is 1. The number of anilines is 1. The number of fused-ring (bicyclic) bond motifs is 1. The summed E-state index contributed by atoms with van der Waals surface area (Å²) in [5.41, 5.74) is 3.62. The summed E-state index contributed by atoms with van der Waals surface area (Å²) < 4.78 is 37.3. The molecule has 0 saturated heterocycles. The van der Waals surface area contributed by atoms with Crippen LogP contribution in [0.4, 0.5) is 5.69 Å². The molecule has 0 fully saturated rings. The van der Waals surface area contributed by atoms with E-state index in [-0.39, 0.29) is 11.9 Å². The van der Waals surface area contributed by atoms with Gasteiger partial charge in [-0.15, -0.1) is 0 Å². The Kier molecular flexibility index (Phi) is 6.26. The van der Waals surface area contributed by atoms with Gasteiger partial charge in [0.05, 0.1) is 18.0 Å². The van der Waals surface area contributed by atoms with Gasteiger partial charge in [0, 0.05) is 6.07 Å². The summed E-state index contributed by atoms with van der Waals surface area (Å²) in [5.74, 6) is 0.628. The molecule has 7 nitrogen and oxygen atoms in total. The van der Waals surface area contributed by atoms with Gasteiger partial charge in [0.25, 0.3) is 0 Å². The van der Waals surface area contributed by atoms with Crippen molar-refractivity contribution < 1.29 is 22.7 Å². The third-order valence-corrected chi connectivity index (χ3v) is 6.50. The van der Waals surface area contributed by atoms with Crippen LogP contribution in [-0.4, -0.2) is 39.8 Å². The zero-order valence-electron chi connectivity index (χ0n) is 17.9. The normalized spacial score (nSPS) is 15.2. The van der Waals surface area contributed by atoms with Crippen LogP contribution in [0, 0.1) is 13.8 Å². The molecule has 1 amide bonds. The number of hydrogen-bond acceptors (Lipinski definition) is 5. The molecule has 0 saturated carbocycles. The molecule has 30 heavy (non-hydrogen) atoms. The van der Waals surface area contributed by atoms with Crippen molar-refractivity contribution in [1.82, 2.24) is 5.32 Å². The summed E-state index contributed by atoms with van der Waals surface area (Å²) in [6.07, 6.45) is 1.08. The smallest absolute Gasteiger partial charge is 0.244 e. The number of nitrogens with zero attached hydrogens (tertiary/aromatic N) is 1. The van der Waals surface area contributed by atoms with Crippen LogP contribution in [0.1, 0.15) is 36.6 Å². The molecule has 0 aromatic heterocycles. The van der Waals surface area contributed by atoms with Crippen molar-refractivity contribution in [2.45, 2.75) is 39.8 Å². The zero-order valence-corrected chi connectivity index (χ0v) is 18.7. The molecule has 8 heteroatoms. The molecule has 1 heterocycles. The van der Waals surface area contributed by atoms with Gasteiger partial charge in [-0.2, -0.15) is 0 Å². The zero-order chi connectivity index (χ0) is 22.1. The van der Waals surface area contributed by atoms with Gasteiger partial charge >= 0.3 is 0 Å². The van der Waals surface area contributed by atoms with Crippen LogP contribution in [0.2, 0.25) is 0 Å². The highest BCUT2D eigenvalue weighted by atomic mass is 32.2. The Hall–Kier alpha value is -2.74. The molecule has 3 rings (SSSR count). The van der Waals surface area contributed by atoms with Crippen molar-refractivity contribution in [3.63, 3.8) is 0 Å². The molecule has 0 spiro atoms. The minimum atomic E-state index is -3.73. The van der Waals surface area contributed by atoms with E-state index in [0.29, 0.717) is 30.4 Å². The maximum Gasteiger partial charge on any atom is 0.244 e. The van der Waals surface area contributed by atoms with Crippen LogP contribution in [0.15, 0.2) is 36.4 Å². The highest BCUT2D eigenvalue weighted by Gasteiger charge is 2.31. The van der Waals surface area contributed by atoms with E-state index in [4.69, 9.17) is 9.47 Å². The summed E-state index contributed by atoms with van der Waals surface area (Å²) in [5, 5.41) is 2.93. The van der Waals surface area contributed by atoms with Crippen LogP contribution < -0.4 is 19.1 Å². The largest absolute Gasteiger partial charge is 0.486 e. The van der Waals surface area contributed by atoms with Crippen molar-refractivity contribution in [1.29, 1.82) is 0 Å². The Balaban J connectivity index is 1.84. The predicted octanol–water partition coefficient (Wildman–Crippen LogP) is 3.11. The van der Waals surface area contributed by atoms with Gasteiger partial charge in [0.2, 0.25) is 15.9 Å². The van der Waals surface area contributed by atoms with Crippen LogP contribution in [0.3, 0.4) is 0 Å². The summed E-state index contributed by atoms with van der Waals surface area (Å²) in [4.78, 5) is 13.0. The quantitative estimate of drug-likeness (QED) is 0.758. The highest BCUT2D eigenvalue weighted by Crippen LogP contribution is 2.35. The number of carbonyl (C=O) groups excluding carboxylic acids is 1. The molecule has 2 aromatic carbocycles. The molecule has 0 radical (unpaired) electrons. The molecule has 1 aliphatic rings. The number of ether oxygens (including phenoxy) is 2. The number of nitrogens with one attached hydrogen (secondary N) is 1. The van der Waals surface area contributed by atoms with E-state index in [1.54, 1.807) is 25.1 Å². The Labute approximate surface area is 178 Å². The number of benzene rings is 2. The second-order valence-electron chi connectivity index (χ2n) is 7.64. The molecule has 2 atom stereocenters. The summed E-state index contributed by atoms with van der Waals surface area (Å²) in [6.45, 7) is 8.32. The molecule has 1 aliphatic heterocycles. The van der Waals surface area contributed by atoms with Crippen molar-refractivity contribution in [2.24, 2.45) is 0 Å². The fourth-order valence-electron chi connectivity index (χ4n) is 3.43. The number of sulfonamides is 1. The van der Waals surface area contributed by atoms with Gasteiger partial charge in [-0.1, -0.05) is 18.2 Å². The first kappa shape index (κ1) is 22.0. The lowest BCUT2D eigenvalue weighted by Crippen LogP contribution is -2.48. The molecule has 0 unspecified atom stereocenters. The van der Waals surface area contributed by atoms with Gasteiger partial charge in [-0.05, 0) is 56.5 Å². The van der Waals surface area contributed by atoms with Gasteiger partial charge in [-0.3, -0.25) is 9.10 Å². The van der Waals surface area contributed by atoms with Crippen LogP contribution in [0.5, 0.6) is 11.5 Å². The number of hydrogen-bond donors (Lipinski definition) is 1. The SMILES string of the molecule is Cc1ccc([C@@H](C)NC(=O)[C@H](C)N(c2ccc3c(c2)OCCO3)S(C)(=O)=O)cc1C. The molecule has 162 valence electrons. The van der Waals surface area contributed by atoms with Crippen LogP contribution in [0.25, 0.3) is 0 Å². The molecule has 1 N–H and O–H groups in total.